The van der Waals surface area contributed by atoms with Crippen LogP contribution in [0.15, 0.2) is 0 Å². The van der Waals surface area contributed by atoms with Crippen LogP contribution in [0, 0.1) is 0 Å². The summed E-state index contributed by atoms with van der Waals surface area (Å²) in [6.45, 7) is -1.13. The van der Waals surface area contributed by atoms with Gasteiger partial charge in [-0.2, -0.15) is 25.3 Å². The number of nitrogens with one attached hydrogen (secondary N) is 4. The summed E-state index contributed by atoms with van der Waals surface area (Å²) in [6, 6.07) is -4.30. The average Bonchev–Trinajstić information content (AvgIpc) is 2.89. The van der Waals surface area contributed by atoms with Crippen molar-refractivity contribution in [3.63, 3.8) is 0 Å². The fourth-order valence-corrected chi connectivity index (χ4v) is 2.83. The molecule has 0 bridgehead atoms. The Labute approximate surface area is 265 Å². The number of aliphatic carboxylic acids is 4. The molecule has 0 unspecified atom stereocenters. The molecule has 0 radical (unpaired) electrons. The molecule has 0 rings (SSSR count). The Kier molecular flexibility index (Phi) is 25.0. The number of hydrogen-bond acceptors (Lipinski definition) is 12. The first-order chi connectivity index (χ1) is 18.5. The van der Waals surface area contributed by atoms with Gasteiger partial charge in [0.05, 0.1) is 0 Å². The van der Waals surface area contributed by atoms with Crippen LogP contribution < -0.4 is 32.7 Å². The summed E-state index contributed by atoms with van der Waals surface area (Å²) in [5, 5.41) is 42.7. The zero-order chi connectivity index (χ0) is 31.4. The number of carbonyl (C=O) groups is 8. The molecule has 230 valence electrons. The van der Waals surface area contributed by atoms with Crippen molar-refractivity contribution < 1.29 is 86.5 Å². The minimum atomic E-state index is -1.22. The SMILES string of the molecule is N[C@@H](CCC(=O)N[C@@H](CS)C(=O)NCC(=O)O)C(=O)O.N[C@@H](CCC(=O)N[C@@H](CS)C(=O)NCC(=O)O)C(=O)O.[Hg]. The summed E-state index contributed by atoms with van der Waals surface area (Å²) >= 11 is 7.75. The zero-order valence-electron chi connectivity index (χ0n) is 21.8. The molecule has 41 heavy (non-hydrogen) atoms. The standard InChI is InChI=1S/2C10H17N3O6S.Hg/c2*11-5(10(18)19)1-2-7(14)13-6(4-20)9(17)12-3-8(15)16;/h2*5-6,20H,1-4,11H2,(H,12,17)(H,13,14)(H,15,16)(H,18,19);/t2*5-,6-;/m00./s1. The summed E-state index contributed by atoms with van der Waals surface area (Å²) in [5.74, 6) is -7.41. The minimum absolute atomic E-state index is 0. The van der Waals surface area contributed by atoms with Crippen molar-refractivity contribution in [3.05, 3.63) is 0 Å². The van der Waals surface area contributed by atoms with Crippen LogP contribution in [0.3, 0.4) is 0 Å². The molecule has 0 saturated carbocycles. The van der Waals surface area contributed by atoms with E-state index in [4.69, 9.17) is 31.9 Å². The third-order valence-corrected chi connectivity index (χ3v) is 5.23. The number of rotatable bonds is 18. The number of carboxylic acids is 4. The maximum absolute atomic E-state index is 11.5. The molecular formula is C20H34HgN6O12S2. The van der Waals surface area contributed by atoms with Gasteiger partial charge in [0.2, 0.25) is 23.6 Å². The van der Waals surface area contributed by atoms with Crippen molar-refractivity contribution in [3.8, 4) is 0 Å². The van der Waals surface area contributed by atoms with E-state index in [1.807, 2.05) is 0 Å². The van der Waals surface area contributed by atoms with Crippen molar-refractivity contribution in [2.75, 3.05) is 24.6 Å². The third kappa shape index (κ3) is 22.7. The Morgan fingerprint density at radius 1 is 0.610 bits per heavy atom. The first-order valence-corrected chi connectivity index (χ1v) is 12.6. The quantitative estimate of drug-likeness (QED) is 0.0460. The fourth-order valence-electron chi connectivity index (χ4n) is 2.31. The summed E-state index contributed by atoms with van der Waals surface area (Å²) in [6.07, 6.45) is -0.470. The van der Waals surface area contributed by atoms with Gasteiger partial charge in [0.15, 0.2) is 0 Å². The van der Waals surface area contributed by atoms with E-state index in [1.54, 1.807) is 0 Å². The molecule has 0 aromatic carbocycles. The van der Waals surface area contributed by atoms with E-state index in [1.165, 1.54) is 0 Å². The van der Waals surface area contributed by atoms with Crippen LogP contribution in [0.4, 0.5) is 0 Å². The van der Waals surface area contributed by atoms with Crippen LogP contribution in [0.25, 0.3) is 0 Å². The Hall–Kier alpha value is -2.68. The van der Waals surface area contributed by atoms with Crippen LogP contribution in [0.1, 0.15) is 25.7 Å². The molecule has 4 atom stereocenters. The van der Waals surface area contributed by atoms with Gasteiger partial charge in [0, 0.05) is 52.0 Å². The van der Waals surface area contributed by atoms with Gasteiger partial charge in [-0.05, 0) is 12.8 Å². The molecule has 0 heterocycles. The van der Waals surface area contributed by atoms with E-state index in [2.05, 4.69) is 46.5 Å². The molecule has 0 aromatic heterocycles. The van der Waals surface area contributed by atoms with Crippen LogP contribution in [-0.4, -0.2) is 117 Å². The van der Waals surface area contributed by atoms with Crippen LogP contribution in [0.2, 0.25) is 0 Å². The molecule has 0 spiro atoms. The number of amides is 4. The van der Waals surface area contributed by atoms with E-state index in [-0.39, 0.29) is 64.9 Å². The number of carboxylic acid groups (broad SMARTS) is 4. The predicted octanol–water partition coefficient (Wildman–Crippen LogP) is -4.41. The summed E-state index contributed by atoms with van der Waals surface area (Å²) < 4.78 is 0. The summed E-state index contributed by atoms with van der Waals surface area (Å²) in [4.78, 5) is 87.5. The van der Waals surface area contributed by atoms with Crippen LogP contribution >= 0.6 is 25.3 Å². The minimum Gasteiger partial charge on any atom is -0.480 e. The van der Waals surface area contributed by atoms with Gasteiger partial charge in [0.1, 0.15) is 37.3 Å². The Morgan fingerprint density at radius 3 is 1.12 bits per heavy atom. The van der Waals surface area contributed by atoms with Gasteiger partial charge in [-0.3, -0.25) is 38.4 Å². The van der Waals surface area contributed by atoms with Crippen molar-refractivity contribution >= 4 is 72.8 Å². The maximum Gasteiger partial charge on any atom is 0.322 e. The maximum atomic E-state index is 11.5. The van der Waals surface area contributed by atoms with Gasteiger partial charge in [-0.1, -0.05) is 0 Å². The molecule has 12 N–H and O–H groups in total. The molecule has 0 aliphatic carbocycles. The van der Waals surface area contributed by atoms with Crippen molar-refractivity contribution in [1.82, 2.24) is 21.3 Å². The second-order valence-electron chi connectivity index (χ2n) is 7.80. The van der Waals surface area contributed by atoms with Gasteiger partial charge in [0.25, 0.3) is 0 Å². The first-order valence-electron chi connectivity index (χ1n) is 11.3. The molecule has 0 aliphatic heterocycles. The second-order valence-corrected chi connectivity index (χ2v) is 8.53. The largest absolute Gasteiger partial charge is 0.480 e. The molecule has 4 amide bonds. The van der Waals surface area contributed by atoms with Crippen molar-refractivity contribution in [2.24, 2.45) is 11.5 Å². The Morgan fingerprint density at radius 2 is 0.902 bits per heavy atom. The second kappa shape index (κ2) is 24.0. The van der Waals surface area contributed by atoms with Gasteiger partial charge in [-0.25, -0.2) is 0 Å². The number of carbonyl (C=O) groups excluding carboxylic acids is 4. The Bertz CT molecular complexity index is 857. The number of thiol groups is 2. The van der Waals surface area contributed by atoms with E-state index >= 15 is 0 Å². The van der Waals surface area contributed by atoms with E-state index in [0.717, 1.165) is 0 Å². The molecule has 0 fully saturated rings. The first kappa shape index (κ1) is 42.8. The van der Waals surface area contributed by atoms with Gasteiger partial charge >= 0.3 is 23.9 Å². The summed E-state index contributed by atoms with van der Waals surface area (Å²) in [5.41, 5.74) is 10.5. The topological polar surface area (TPSA) is 318 Å². The molecule has 0 aromatic rings. The molecule has 0 saturated heterocycles. The van der Waals surface area contributed by atoms with Crippen LogP contribution in [0.5, 0.6) is 0 Å². The van der Waals surface area contributed by atoms with Crippen molar-refractivity contribution in [1.29, 1.82) is 0 Å². The predicted molar refractivity (Wildman–Crippen MR) is 143 cm³/mol. The van der Waals surface area contributed by atoms with Gasteiger partial charge < -0.3 is 53.2 Å². The number of nitrogens with two attached hydrogens (primary N) is 2. The van der Waals surface area contributed by atoms with Gasteiger partial charge in [-0.15, -0.1) is 0 Å². The molecule has 18 nitrogen and oxygen atoms in total. The zero-order valence-corrected chi connectivity index (χ0v) is 29.1. The molecule has 21 heteroatoms. The van der Waals surface area contributed by atoms with E-state index < -0.39 is 84.8 Å². The third-order valence-electron chi connectivity index (χ3n) is 4.50. The monoisotopic (exact) mass is 816 g/mol. The fraction of sp³-hybridized carbons (Fsp3) is 0.600. The van der Waals surface area contributed by atoms with E-state index in [9.17, 15) is 38.4 Å². The normalized spacial score (nSPS) is 12.8. The number of hydrogen-bond donors (Lipinski definition) is 12. The van der Waals surface area contributed by atoms with E-state index in [0.29, 0.717) is 0 Å². The molecule has 0 aliphatic rings. The Balaban J connectivity index is -0.000000688. The summed E-state index contributed by atoms with van der Waals surface area (Å²) in [7, 11) is 0. The van der Waals surface area contributed by atoms with Crippen molar-refractivity contribution in [2.45, 2.75) is 49.9 Å². The average molecular weight is 815 g/mol. The van der Waals surface area contributed by atoms with Crippen LogP contribution in [-0.2, 0) is 66.0 Å². The molecular weight excluding hydrogens is 781 g/mol. The smallest absolute Gasteiger partial charge is 0.322 e.